The molecule has 0 aromatic heterocycles. The van der Waals surface area contributed by atoms with E-state index in [1.165, 1.54) is 11.8 Å². The number of carbonyl (C=O) groups excluding carboxylic acids is 2. The number of urea groups is 1. The third-order valence-electron chi connectivity index (χ3n) is 2.31. The van der Waals surface area contributed by atoms with E-state index in [-0.39, 0.29) is 6.04 Å². The summed E-state index contributed by atoms with van der Waals surface area (Å²) in [4.78, 5) is 23.0. The second-order valence-electron chi connectivity index (χ2n) is 3.97. The van der Waals surface area contributed by atoms with Crippen LogP contribution in [-0.4, -0.2) is 17.2 Å². The second kappa shape index (κ2) is 6.42. The molecule has 2 atom stereocenters. The Kier molecular flexibility index (Phi) is 5.18. The largest absolute Gasteiger partial charge is 0.351 e. The summed E-state index contributed by atoms with van der Waals surface area (Å²) in [7, 11) is 0. The highest BCUT2D eigenvalue weighted by atomic mass is 32.2. The van der Waals surface area contributed by atoms with Crippen LogP contribution in [0.3, 0.4) is 0 Å². The summed E-state index contributed by atoms with van der Waals surface area (Å²) in [6, 6.07) is 6.76. The van der Waals surface area contributed by atoms with E-state index < -0.39 is 17.2 Å². The van der Waals surface area contributed by atoms with Gasteiger partial charge in [0, 0.05) is 10.9 Å². The van der Waals surface area contributed by atoms with Gasteiger partial charge in [-0.3, -0.25) is 10.1 Å². The number of rotatable bonds is 4. The first-order valence-corrected chi connectivity index (χ1v) is 6.40. The van der Waals surface area contributed by atoms with Crippen LogP contribution in [0.25, 0.3) is 0 Å². The van der Waals surface area contributed by atoms with Crippen molar-refractivity contribution in [2.75, 3.05) is 0 Å². The minimum absolute atomic E-state index is 0.0553. The Balaban J connectivity index is 2.69. The molecule has 5 nitrogen and oxygen atoms in total. The summed E-state index contributed by atoms with van der Waals surface area (Å²) < 4.78 is 0. The number of primary amides is 1. The average Bonchev–Trinajstić information content (AvgIpc) is 2.28. The average molecular weight is 267 g/mol. The van der Waals surface area contributed by atoms with Gasteiger partial charge in [-0.1, -0.05) is 12.1 Å². The molecule has 0 aliphatic rings. The van der Waals surface area contributed by atoms with Crippen molar-refractivity contribution < 1.29 is 9.59 Å². The monoisotopic (exact) mass is 267 g/mol. The van der Waals surface area contributed by atoms with Crippen molar-refractivity contribution in [2.45, 2.75) is 30.0 Å². The highest BCUT2D eigenvalue weighted by Gasteiger charge is 2.16. The number of hydrogen-bond donors (Lipinski definition) is 3. The summed E-state index contributed by atoms with van der Waals surface area (Å²) in [5.74, 6) is -0.404. The van der Waals surface area contributed by atoms with Gasteiger partial charge in [0.15, 0.2) is 0 Å². The van der Waals surface area contributed by atoms with Gasteiger partial charge < -0.3 is 11.5 Å². The standard InChI is InChI=1S/C12H17N3O2S/c1-7(13)9-4-3-5-10(6-9)18-8(2)11(16)15-12(14)17/h3-8H,13H2,1-2H3,(H3,14,15,16,17). The smallest absolute Gasteiger partial charge is 0.318 e. The van der Waals surface area contributed by atoms with Crippen LogP contribution in [0.1, 0.15) is 25.5 Å². The Morgan fingerprint density at radius 1 is 1.33 bits per heavy atom. The lowest BCUT2D eigenvalue weighted by Crippen LogP contribution is -2.39. The van der Waals surface area contributed by atoms with Gasteiger partial charge in [-0.05, 0) is 31.5 Å². The van der Waals surface area contributed by atoms with E-state index in [1.54, 1.807) is 6.92 Å². The number of nitrogens with one attached hydrogen (secondary N) is 1. The molecule has 0 spiro atoms. The molecule has 3 amide bonds. The number of hydrogen-bond acceptors (Lipinski definition) is 4. The van der Waals surface area contributed by atoms with Gasteiger partial charge >= 0.3 is 6.03 Å². The molecule has 6 heteroatoms. The van der Waals surface area contributed by atoms with Gasteiger partial charge in [0.1, 0.15) is 0 Å². The fourth-order valence-electron chi connectivity index (χ4n) is 1.35. The molecule has 0 saturated carbocycles. The number of benzene rings is 1. The fraction of sp³-hybridized carbons (Fsp3) is 0.333. The normalized spacial score (nSPS) is 13.7. The zero-order valence-electron chi connectivity index (χ0n) is 10.3. The molecular weight excluding hydrogens is 250 g/mol. The summed E-state index contributed by atoms with van der Waals surface area (Å²) >= 11 is 1.35. The minimum Gasteiger partial charge on any atom is -0.351 e. The molecule has 0 aliphatic carbocycles. The van der Waals surface area contributed by atoms with Crippen LogP contribution in [0.15, 0.2) is 29.2 Å². The predicted molar refractivity (Wildman–Crippen MR) is 72.1 cm³/mol. The molecule has 98 valence electrons. The Bertz CT molecular complexity index is 449. The SMILES string of the molecule is CC(Sc1cccc(C(C)N)c1)C(=O)NC(N)=O. The first kappa shape index (κ1) is 14.5. The minimum atomic E-state index is -0.836. The van der Waals surface area contributed by atoms with E-state index in [0.717, 1.165) is 10.5 Å². The Morgan fingerprint density at radius 2 is 2.00 bits per heavy atom. The lowest BCUT2D eigenvalue weighted by atomic mass is 10.1. The van der Waals surface area contributed by atoms with Crippen molar-refractivity contribution in [1.29, 1.82) is 0 Å². The van der Waals surface area contributed by atoms with Gasteiger partial charge in [-0.2, -0.15) is 0 Å². The molecule has 18 heavy (non-hydrogen) atoms. The lowest BCUT2D eigenvalue weighted by molar-refractivity contribution is -0.119. The summed E-state index contributed by atoms with van der Waals surface area (Å²) in [5, 5.41) is 1.65. The molecule has 1 aromatic rings. The number of thioether (sulfide) groups is 1. The first-order valence-electron chi connectivity index (χ1n) is 5.52. The maximum absolute atomic E-state index is 11.5. The van der Waals surface area contributed by atoms with Gasteiger partial charge in [-0.25, -0.2) is 4.79 Å². The van der Waals surface area contributed by atoms with Gasteiger partial charge in [-0.15, -0.1) is 11.8 Å². The van der Waals surface area contributed by atoms with Crippen LogP contribution in [0.2, 0.25) is 0 Å². The molecular formula is C12H17N3O2S. The van der Waals surface area contributed by atoms with Crippen molar-refractivity contribution in [1.82, 2.24) is 5.32 Å². The van der Waals surface area contributed by atoms with Crippen LogP contribution in [-0.2, 0) is 4.79 Å². The summed E-state index contributed by atoms with van der Waals surface area (Å²) in [6.07, 6.45) is 0. The predicted octanol–water partition coefficient (Wildman–Crippen LogP) is 1.38. The van der Waals surface area contributed by atoms with Gasteiger partial charge in [0.25, 0.3) is 0 Å². The van der Waals surface area contributed by atoms with Crippen molar-refractivity contribution >= 4 is 23.7 Å². The number of amides is 3. The van der Waals surface area contributed by atoms with Crippen molar-refractivity contribution in [2.24, 2.45) is 11.5 Å². The fourth-order valence-corrected chi connectivity index (χ4v) is 2.29. The number of nitrogens with two attached hydrogens (primary N) is 2. The molecule has 0 saturated heterocycles. The zero-order valence-corrected chi connectivity index (χ0v) is 11.2. The van der Waals surface area contributed by atoms with Crippen LogP contribution < -0.4 is 16.8 Å². The van der Waals surface area contributed by atoms with Crippen LogP contribution >= 0.6 is 11.8 Å². The van der Waals surface area contributed by atoms with Crippen LogP contribution in [0.4, 0.5) is 4.79 Å². The number of imide groups is 1. The number of carbonyl (C=O) groups is 2. The van der Waals surface area contributed by atoms with E-state index in [0.29, 0.717) is 0 Å². The molecule has 0 aliphatic heterocycles. The zero-order chi connectivity index (χ0) is 13.7. The van der Waals surface area contributed by atoms with E-state index >= 15 is 0 Å². The second-order valence-corrected chi connectivity index (χ2v) is 5.39. The van der Waals surface area contributed by atoms with Crippen LogP contribution in [0.5, 0.6) is 0 Å². The molecule has 5 N–H and O–H groups in total. The Morgan fingerprint density at radius 3 is 2.56 bits per heavy atom. The highest BCUT2D eigenvalue weighted by Crippen LogP contribution is 2.25. The topological polar surface area (TPSA) is 98.2 Å². The molecule has 0 radical (unpaired) electrons. The maximum atomic E-state index is 11.5. The summed E-state index contributed by atoms with van der Waals surface area (Å²) in [6.45, 7) is 3.61. The molecule has 0 heterocycles. The molecule has 1 rings (SSSR count). The third-order valence-corrected chi connectivity index (χ3v) is 3.41. The highest BCUT2D eigenvalue weighted by molar-refractivity contribution is 8.00. The quantitative estimate of drug-likeness (QED) is 0.718. The van der Waals surface area contributed by atoms with Gasteiger partial charge in [0.05, 0.1) is 5.25 Å². The van der Waals surface area contributed by atoms with Crippen molar-refractivity contribution in [3.05, 3.63) is 29.8 Å². The molecule has 1 aromatic carbocycles. The van der Waals surface area contributed by atoms with E-state index in [2.05, 4.69) is 5.32 Å². The third kappa shape index (κ3) is 4.38. The molecule has 2 unspecified atom stereocenters. The first-order chi connectivity index (χ1) is 8.40. The maximum Gasteiger partial charge on any atom is 0.318 e. The van der Waals surface area contributed by atoms with E-state index in [9.17, 15) is 9.59 Å². The van der Waals surface area contributed by atoms with Crippen molar-refractivity contribution in [3.8, 4) is 0 Å². The molecule has 0 bridgehead atoms. The van der Waals surface area contributed by atoms with E-state index in [1.807, 2.05) is 31.2 Å². The Hall–Kier alpha value is -1.53. The van der Waals surface area contributed by atoms with Crippen LogP contribution in [0, 0.1) is 0 Å². The van der Waals surface area contributed by atoms with E-state index in [4.69, 9.17) is 11.5 Å². The lowest BCUT2D eigenvalue weighted by Gasteiger charge is -2.12. The Labute approximate surface area is 110 Å². The van der Waals surface area contributed by atoms with Crippen molar-refractivity contribution in [3.63, 3.8) is 0 Å². The molecule has 0 fully saturated rings. The summed E-state index contributed by atoms with van der Waals surface area (Å²) in [5.41, 5.74) is 11.7. The van der Waals surface area contributed by atoms with Gasteiger partial charge in [0.2, 0.25) is 5.91 Å².